The predicted molar refractivity (Wildman–Crippen MR) is 211 cm³/mol. The van der Waals surface area contributed by atoms with Gasteiger partial charge in [-0.2, -0.15) is 0 Å². The Kier molecular flexibility index (Phi) is 13.5. The van der Waals surface area contributed by atoms with E-state index in [9.17, 15) is 8.42 Å². The molecule has 1 N–H and O–H groups in total. The number of nitrogens with one attached hydrogen (secondary N) is 1. The van der Waals surface area contributed by atoms with Crippen LogP contribution in [0.15, 0.2) is 71.6 Å². The van der Waals surface area contributed by atoms with Gasteiger partial charge in [0.25, 0.3) is 0 Å². The molecule has 1 fully saturated rings. The number of hydrogen-bond donors (Lipinski definition) is 1. The van der Waals surface area contributed by atoms with Crippen LogP contribution >= 0.6 is 0 Å². The third-order valence-electron chi connectivity index (χ3n) is 11.0. The first-order valence-electron chi connectivity index (χ1n) is 18.8. The summed E-state index contributed by atoms with van der Waals surface area (Å²) < 4.78 is 61.2. The molecule has 11 heteroatoms. The van der Waals surface area contributed by atoms with E-state index in [1.54, 1.807) is 26.4 Å². The van der Waals surface area contributed by atoms with Gasteiger partial charge in [0.2, 0.25) is 18.2 Å². The Morgan fingerprint density at radius 2 is 1.54 bits per heavy atom. The van der Waals surface area contributed by atoms with Crippen molar-refractivity contribution in [2.75, 3.05) is 58.5 Å². The second-order valence-electron chi connectivity index (χ2n) is 15.2. The van der Waals surface area contributed by atoms with Crippen LogP contribution in [0.1, 0.15) is 76.0 Å². The third kappa shape index (κ3) is 8.55. The number of fused-ring (bicyclic) bond motifs is 1. The third-order valence-corrected chi connectivity index (χ3v) is 19.0. The van der Waals surface area contributed by atoms with Crippen LogP contribution in [0.2, 0.25) is 16.6 Å². The number of rotatable bonds is 16. The van der Waals surface area contributed by atoms with Crippen molar-refractivity contribution in [2.24, 2.45) is 0 Å². The molecule has 4 atom stereocenters. The van der Waals surface area contributed by atoms with Crippen molar-refractivity contribution in [3.8, 4) is 11.5 Å². The van der Waals surface area contributed by atoms with Gasteiger partial charge in [0.15, 0.2) is 5.44 Å². The summed E-state index contributed by atoms with van der Waals surface area (Å²) in [6.45, 7) is 19.5. The lowest BCUT2D eigenvalue weighted by molar-refractivity contribution is -0.0365. The fourth-order valence-corrected chi connectivity index (χ4v) is 15.6. The van der Waals surface area contributed by atoms with E-state index in [1.807, 2.05) is 49.4 Å². The molecule has 0 bridgehead atoms. The molecule has 2 heterocycles. The number of piperidine rings is 1. The van der Waals surface area contributed by atoms with Crippen molar-refractivity contribution >= 4 is 23.8 Å². The van der Waals surface area contributed by atoms with Gasteiger partial charge in [-0.05, 0) is 77.5 Å². The normalized spacial score (nSPS) is 20.2. The Hall–Kier alpha value is -2.93. The quantitative estimate of drug-likeness (QED) is 0.115. The fourth-order valence-electron chi connectivity index (χ4n) is 8.44. The first-order valence-corrected chi connectivity index (χ1v) is 22.5. The van der Waals surface area contributed by atoms with Gasteiger partial charge >= 0.3 is 0 Å². The lowest BCUT2D eigenvalue weighted by Crippen LogP contribution is -2.58. The predicted octanol–water partition coefficient (Wildman–Crippen LogP) is 8.04. The summed E-state index contributed by atoms with van der Waals surface area (Å²) in [6.07, 6.45) is 0.0801. The minimum absolute atomic E-state index is 0.220. The maximum absolute atomic E-state index is 14.8. The highest BCUT2D eigenvalue weighted by atomic mass is 32.2. The first-order chi connectivity index (χ1) is 24.8. The molecule has 3 aromatic carbocycles. The fraction of sp³-hybridized carbons (Fsp3) is 0.561. The van der Waals surface area contributed by atoms with Crippen LogP contribution in [0.3, 0.4) is 0 Å². The van der Waals surface area contributed by atoms with Gasteiger partial charge < -0.3 is 33.6 Å². The Bertz CT molecular complexity index is 1680. The second kappa shape index (κ2) is 17.5. The Labute approximate surface area is 313 Å². The maximum Gasteiger partial charge on any atom is 0.209 e. The second-order valence-corrected chi connectivity index (χ2v) is 22.6. The maximum atomic E-state index is 14.8. The van der Waals surface area contributed by atoms with Crippen molar-refractivity contribution in [1.29, 1.82) is 0 Å². The summed E-state index contributed by atoms with van der Waals surface area (Å²) >= 11 is 0. The van der Waals surface area contributed by atoms with Crippen molar-refractivity contribution in [3.63, 3.8) is 0 Å². The molecule has 0 aliphatic carbocycles. The van der Waals surface area contributed by atoms with E-state index in [-0.39, 0.29) is 16.9 Å². The molecule has 2 aliphatic rings. The standard InChI is InChI=1S/C41H60N2O7SSi/c1-28(2)52(29(3)4,30(5)6)50-39-27-42-26-38(40(39)32-13-16-34(47-9)17-14-32)49-41(51(44,45)35-18-11-31(7)12-19-35)33-15-20-37-36(25-33)43(22-24-48-37)21-10-23-46-8/h11-20,25,28-30,38-42H,10,21-24,26-27H2,1-9H3/t38-,39+,40+,41?/m0/s1. The summed E-state index contributed by atoms with van der Waals surface area (Å²) in [4.78, 5) is 2.47. The molecule has 286 valence electrons. The molecule has 52 heavy (non-hydrogen) atoms. The zero-order chi connectivity index (χ0) is 37.6. The molecule has 5 rings (SSSR count). The Morgan fingerprint density at radius 1 is 0.885 bits per heavy atom. The Balaban J connectivity index is 1.62. The van der Waals surface area contributed by atoms with Crippen molar-refractivity contribution in [2.45, 2.75) is 100.0 Å². The van der Waals surface area contributed by atoms with Crippen molar-refractivity contribution in [1.82, 2.24) is 5.32 Å². The highest BCUT2D eigenvalue weighted by Crippen LogP contribution is 2.47. The number of hydrogen-bond acceptors (Lipinski definition) is 9. The van der Waals surface area contributed by atoms with E-state index in [1.165, 1.54) is 0 Å². The molecule has 0 aromatic heterocycles. The summed E-state index contributed by atoms with van der Waals surface area (Å²) in [5, 5.41) is 3.60. The van der Waals surface area contributed by atoms with Crippen LogP contribution in [0.5, 0.6) is 11.5 Å². The number of anilines is 1. The largest absolute Gasteiger partial charge is 0.497 e. The smallest absolute Gasteiger partial charge is 0.209 e. The molecule has 2 aliphatic heterocycles. The van der Waals surface area contributed by atoms with E-state index >= 15 is 0 Å². The van der Waals surface area contributed by atoms with Crippen molar-refractivity contribution in [3.05, 3.63) is 83.4 Å². The molecule has 0 spiro atoms. The SMILES string of the molecule is COCCCN1CCOc2ccc(C(O[C@H]3CNC[C@@H](O[Si](C(C)C)(C(C)C)C(C)C)[C@@H]3c3ccc(OC)cc3)S(=O)(=O)c3ccc(C)cc3)cc21. The molecule has 1 saturated heterocycles. The van der Waals surface area contributed by atoms with Gasteiger partial charge in [0, 0.05) is 39.3 Å². The number of aryl methyl sites for hydroxylation is 1. The van der Waals surface area contributed by atoms with Crippen LogP contribution in [-0.4, -0.2) is 82.6 Å². The van der Waals surface area contributed by atoms with Gasteiger partial charge in [0.05, 0.1) is 36.4 Å². The van der Waals surface area contributed by atoms with Crippen molar-refractivity contribution < 1.29 is 31.8 Å². The monoisotopic (exact) mass is 752 g/mol. The van der Waals surface area contributed by atoms with Crippen LogP contribution in [0.4, 0.5) is 5.69 Å². The minimum atomic E-state index is -4.03. The molecular weight excluding hydrogens is 693 g/mol. The van der Waals surface area contributed by atoms with Crippen LogP contribution in [0.25, 0.3) is 0 Å². The zero-order valence-corrected chi connectivity index (χ0v) is 34.4. The lowest BCUT2D eigenvalue weighted by atomic mass is 9.85. The summed E-state index contributed by atoms with van der Waals surface area (Å²) in [5.41, 5.74) is 3.30. The number of benzene rings is 3. The van der Waals surface area contributed by atoms with Gasteiger partial charge in [-0.1, -0.05) is 77.4 Å². The van der Waals surface area contributed by atoms with Crippen LogP contribution in [-0.2, 0) is 23.7 Å². The first kappa shape index (κ1) is 40.3. The number of methoxy groups -OCH3 is 2. The average Bonchev–Trinajstić information content (AvgIpc) is 3.12. The highest BCUT2D eigenvalue weighted by molar-refractivity contribution is 7.91. The summed E-state index contributed by atoms with van der Waals surface area (Å²) in [5.74, 6) is 1.26. The van der Waals surface area contributed by atoms with Gasteiger partial charge in [0.1, 0.15) is 18.1 Å². The van der Waals surface area contributed by atoms with Gasteiger partial charge in [-0.15, -0.1) is 0 Å². The summed E-state index contributed by atoms with van der Waals surface area (Å²) in [6, 6.07) is 20.8. The molecule has 9 nitrogen and oxygen atoms in total. The van der Waals surface area contributed by atoms with Gasteiger partial charge in [-0.25, -0.2) is 8.42 Å². The van der Waals surface area contributed by atoms with E-state index < -0.39 is 29.7 Å². The molecule has 0 saturated carbocycles. The number of nitrogens with zero attached hydrogens (tertiary/aromatic N) is 1. The van der Waals surface area contributed by atoms with E-state index in [4.69, 9.17) is 23.4 Å². The number of ether oxygens (including phenoxy) is 4. The molecule has 1 unspecified atom stereocenters. The van der Waals surface area contributed by atoms with Crippen LogP contribution in [0, 0.1) is 6.92 Å². The molecular formula is C41H60N2O7SSi. The zero-order valence-electron chi connectivity index (χ0n) is 32.6. The molecule has 0 amide bonds. The topological polar surface area (TPSA) is 95.6 Å². The van der Waals surface area contributed by atoms with E-state index in [0.29, 0.717) is 55.0 Å². The van der Waals surface area contributed by atoms with Crippen LogP contribution < -0.4 is 19.7 Å². The Morgan fingerprint density at radius 3 is 2.15 bits per heavy atom. The average molecular weight is 753 g/mol. The van der Waals surface area contributed by atoms with E-state index in [2.05, 4.69) is 63.9 Å². The lowest BCUT2D eigenvalue weighted by Gasteiger charge is -2.49. The van der Waals surface area contributed by atoms with Gasteiger partial charge in [-0.3, -0.25) is 0 Å². The molecule has 0 radical (unpaired) electrons. The number of sulfone groups is 1. The van der Waals surface area contributed by atoms with E-state index in [0.717, 1.165) is 41.3 Å². The summed E-state index contributed by atoms with van der Waals surface area (Å²) in [7, 11) is -3.00. The minimum Gasteiger partial charge on any atom is -0.497 e. The molecule has 3 aromatic rings. The highest BCUT2D eigenvalue weighted by Gasteiger charge is 2.50.